The maximum atomic E-state index is 10.8. The van der Waals surface area contributed by atoms with Crippen molar-refractivity contribution in [2.45, 2.75) is 17.8 Å². The quantitative estimate of drug-likeness (QED) is 0.262. The number of hydrogen-bond donors (Lipinski definition) is 6. The van der Waals surface area contributed by atoms with Gasteiger partial charge in [-0.2, -0.15) is 0 Å². The third-order valence-electron chi connectivity index (χ3n) is 1.94. The molecule has 0 amide bonds. The van der Waals surface area contributed by atoms with E-state index in [1.54, 1.807) is 0 Å². The molecule has 0 fully saturated rings. The van der Waals surface area contributed by atoms with Crippen LogP contribution >= 0.6 is 0 Å². The largest absolute Gasteiger partial charge is 0.394 e. The molecule has 0 aromatic carbocycles. The molecule has 0 aliphatic carbocycles. The van der Waals surface area contributed by atoms with E-state index in [4.69, 9.17) is 25.5 Å². The van der Waals surface area contributed by atoms with Gasteiger partial charge in [0.2, 0.25) is 0 Å². The fraction of sp³-hybridized carbons (Fsp3) is 0.857. The summed E-state index contributed by atoms with van der Waals surface area (Å²) in [5.41, 5.74) is -2.56. The standard InChI is InChI=1S/C7H14O7/c8-1-4(11)6(13)7(14,3-10)5(12)2-9/h5-6,8-10,12-14H,1-3H2. The number of aliphatic hydroxyl groups is 6. The summed E-state index contributed by atoms with van der Waals surface area (Å²) in [7, 11) is 0. The van der Waals surface area contributed by atoms with Crippen LogP contribution in [-0.2, 0) is 4.79 Å². The van der Waals surface area contributed by atoms with Crippen molar-refractivity contribution in [3.05, 3.63) is 0 Å². The third kappa shape index (κ3) is 2.47. The monoisotopic (exact) mass is 210 g/mol. The molecule has 0 radical (unpaired) electrons. The van der Waals surface area contributed by atoms with Gasteiger partial charge in [-0.25, -0.2) is 0 Å². The molecule has 0 aromatic rings. The lowest BCUT2D eigenvalue weighted by Crippen LogP contribution is -2.59. The minimum atomic E-state index is -2.56. The fourth-order valence-electron chi connectivity index (χ4n) is 0.897. The third-order valence-corrected chi connectivity index (χ3v) is 1.94. The number of hydrogen-bond acceptors (Lipinski definition) is 7. The van der Waals surface area contributed by atoms with Gasteiger partial charge in [0, 0.05) is 0 Å². The van der Waals surface area contributed by atoms with Crippen molar-refractivity contribution in [3.63, 3.8) is 0 Å². The van der Waals surface area contributed by atoms with Gasteiger partial charge in [0.25, 0.3) is 0 Å². The van der Waals surface area contributed by atoms with Gasteiger partial charge in [-0.05, 0) is 0 Å². The molecule has 0 rings (SSSR count). The van der Waals surface area contributed by atoms with Gasteiger partial charge in [-0.1, -0.05) is 0 Å². The Labute approximate surface area is 79.9 Å². The highest BCUT2D eigenvalue weighted by Crippen LogP contribution is 2.16. The molecular formula is C7H14O7. The van der Waals surface area contributed by atoms with Crippen LogP contribution in [-0.4, -0.2) is 74.1 Å². The molecule has 0 aromatic heterocycles. The molecule has 0 spiro atoms. The topological polar surface area (TPSA) is 138 Å². The maximum absolute atomic E-state index is 10.8. The Morgan fingerprint density at radius 2 is 1.71 bits per heavy atom. The molecule has 0 heterocycles. The van der Waals surface area contributed by atoms with Crippen LogP contribution in [0.2, 0.25) is 0 Å². The van der Waals surface area contributed by atoms with Crippen molar-refractivity contribution < 1.29 is 35.4 Å². The predicted molar refractivity (Wildman–Crippen MR) is 43.2 cm³/mol. The lowest BCUT2D eigenvalue weighted by molar-refractivity contribution is -0.185. The smallest absolute Gasteiger partial charge is 0.189 e. The van der Waals surface area contributed by atoms with Gasteiger partial charge in [0.05, 0.1) is 13.2 Å². The van der Waals surface area contributed by atoms with Gasteiger partial charge in [-0.3, -0.25) is 4.79 Å². The zero-order valence-corrected chi connectivity index (χ0v) is 7.37. The van der Waals surface area contributed by atoms with Crippen molar-refractivity contribution in [2.75, 3.05) is 19.8 Å². The molecule has 0 saturated heterocycles. The summed E-state index contributed by atoms with van der Waals surface area (Å²) in [4.78, 5) is 10.8. The van der Waals surface area contributed by atoms with E-state index >= 15 is 0 Å². The first-order valence-corrected chi connectivity index (χ1v) is 3.87. The van der Waals surface area contributed by atoms with Gasteiger partial charge in [0.1, 0.15) is 24.4 Å². The Hall–Kier alpha value is -0.570. The highest BCUT2D eigenvalue weighted by atomic mass is 16.4. The number of carbonyl (C=O) groups is 1. The molecule has 0 aliphatic rings. The number of carbonyl (C=O) groups excluding carboxylic acids is 1. The van der Waals surface area contributed by atoms with E-state index in [9.17, 15) is 9.90 Å². The molecule has 7 heteroatoms. The van der Waals surface area contributed by atoms with Gasteiger partial charge in [0.15, 0.2) is 5.78 Å². The molecule has 6 N–H and O–H groups in total. The van der Waals surface area contributed by atoms with Crippen LogP contribution in [0.15, 0.2) is 0 Å². The Morgan fingerprint density at radius 1 is 1.21 bits per heavy atom. The van der Waals surface area contributed by atoms with Gasteiger partial charge in [-0.15, -0.1) is 0 Å². The summed E-state index contributed by atoms with van der Waals surface area (Å²) < 4.78 is 0. The van der Waals surface area contributed by atoms with Crippen LogP contribution in [0.25, 0.3) is 0 Å². The predicted octanol–water partition coefficient (Wildman–Crippen LogP) is -4.01. The van der Waals surface area contributed by atoms with Crippen molar-refractivity contribution in [2.24, 2.45) is 0 Å². The molecular weight excluding hydrogens is 196 g/mol. The highest BCUT2D eigenvalue weighted by Gasteiger charge is 2.45. The maximum Gasteiger partial charge on any atom is 0.189 e. The highest BCUT2D eigenvalue weighted by molar-refractivity contribution is 5.85. The first-order chi connectivity index (χ1) is 6.43. The van der Waals surface area contributed by atoms with Crippen LogP contribution in [0.5, 0.6) is 0 Å². The normalized spacial score (nSPS) is 19.9. The number of rotatable bonds is 6. The summed E-state index contributed by atoms with van der Waals surface area (Å²) in [6.07, 6.45) is -4.03. The summed E-state index contributed by atoms with van der Waals surface area (Å²) in [6, 6.07) is 0. The lowest BCUT2D eigenvalue weighted by Gasteiger charge is -2.33. The van der Waals surface area contributed by atoms with Crippen molar-refractivity contribution in [1.82, 2.24) is 0 Å². The molecule has 84 valence electrons. The fourth-order valence-corrected chi connectivity index (χ4v) is 0.897. The Morgan fingerprint density at radius 3 is 2.00 bits per heavy atom. The van der Waals surface area contributed by atoms with Gasteiger partial charge >= 0.3 is 0 Å². The molecule has 0 bridgehead atoms. The molecule has 0 saturated carbocycles. The summed E-state index contributed by atoms with van der Waals surface area (Å²) >= 11 is 0. The number of ketones is 1. The molecule has 14 heavy (non-hydrogen) atoms. The molecule has 3 unspecified atom stereocenters. The van der Waals surface area contributed by atoms with Crippen molar-refractivity contribution >= 4 is 5.78 Å². The number of Topliss-reactive ketones (excluding diaryl/α,β-unsaturated/α-hetero) is 1. The minimum absolute atomic E-state index is 0.938. The van der Waals surface area contributed by atoms with E-state index in [0.29, 0.717) is 0 Å². The van der Waals surface area contributed by atoms with E-state index in [2.05, 4.69) is 0 Å². The second-order valence-electron chi connectivity index (χ2n) is 2.87. The average Bonchev–Trinajstić information content (AvgIpc) is 2.24. The first kappa shape index (κ1) is 13.4. The molecule has 0 aliphatic heterocycles. The number of aliphatic hydroxyl groups excluding tert-OH is 5. The van der Waals surface area contributed by atoms with Crippen LogP contribution in [0.1, 0.15) is 0 Å². The summed E-state index contributed by atoms with van der Waals surface area (Å²) in [5.74, 6) is -1.16. The second kappa shape index (κ2) is 5.35. The Bertz CT molecular complexity index is 194. The summed E-state index contributed by atoms with van der Waals surface area (Å²) in [5, 5.41) is 53.2. The van der Waals surface area contributed by atoms with E-state index in [-0.39, 0.29) is 0 Å². The van der Waals surface area contributed by atoms with Crippen LogP contribution in [0, 0.1) is 0 Å². The molecule has 3 atom stereocenters. The average molecular weight is 210 g/mol. The Kier molecular flexibility index (Phi) is 5.13. The SMILES string of the molecule is O=C(CO)C(O)C(O)(CO)C(O)CO. The van der Waals surface area contributed by atoms with E-state index in [0.717, 1.165) is 0 Å². The van der Waals surface area contributed by atoms with E-state index < -0.39 is 43.4 Å². The van der Waals surface area contributed by atoms with Crippen molar-refractivity contribution in [1.29, 1.82) is 0 Å². The summed E-state index contributed by atoms with van der Waals surface area (Å²) in [6.45, 7) is -3.10. The van der Waals surface area contributed by atoms with Crippen LogP contribution in [0.4, 0.5) is 0 Å². The van der Waals surface area contributed by atoms with Gasteiger partial charge < -0.3 is 30.6 Å². The molecule has 7 nitrogen and oxygen atoms in total. The van der Waals surface area contributed by atoms with E-state index in [1.165, 1.54) is 0 Å². The Balaban J connectivity index is 4.75. The lowest BCUT2D eigenvalue weighted by atomic mass is 9.89. The first-order valence-electron chi connectivity index (χ1n) is 3.87. The minimum Gasteiger partial charge on any atom is -0.394 e. The second-order valence-corrected chi connectivity index (χ2v) is 2.87. The van der Waals surface area contributed by atoms with Crippen LogP contribution in [0.3, 0.4) is 0 Å². The van der Waals surface area contributed by atoms with Crippen LogP contribution < -0.4 is 0 Å². The zero-order chi connectivity index (χ0) is 11.4. The van der Waals surface area contributed by atoms with Crippen molar-refractivity contribution in [3.8, 4) is 0 Å². The zero-order valence-electron chi connectivity index (χ0n) is 7.37. The van der Waals surface area contributed by atoms with E-state index in [1.807, 2.05) is 0 Å².